The Morgan fingerprint density at radius 1 is 1.44 bits per heavy atom. The maximum atomic E-state index is 6.09. The van der Waals surface area contributed by atoms with E-state index in [1.807, 2.05) is 30.0 Å². The highest BCUT2D eigenvalue weighted by atomic mass is 35.5. The van der Waals surface area contributed by atoms with Crippen LogP contribution in [0.5, 0.6) is 0 Å². The van der Waals surface area contributed by atoms with E-state index in [1.165, 1.54) is 12.2 Å². The third-order valence-electron chi connectivity index (χ3n) is 4.07. The molecule has 100 valence electrons. The Balaban J connectivity index is 2.27. The first kappa shape index (κ1) is 14.0. The summed E-state index contributed by atoms with van der Waals surface area (Å²) >= 11 is 8.02. The maximum Gasteiger partial charge on any atom is 0.0636 e. The number of halogens is 1. The van der Waals surface area contributed by atoms with Crippen molar-refractivity contribution in [3.8, 4) is 0 Å². The number of thioether (sulfide) groups is 1. The number of rotatable bonds is 3. The number of benzene rings is 1. The molecule has 1 aliphatic rings. The van der Waals surface area contributed by atoms with Gasteiger partial charge in [-0.1, -0.05) is 31.5 Å². The average molecular weight is 285 g/mol. The molecule has 1 fully saturated rings. The van der Waals surface area contributed by atoms with Gasteiger partial charge in [-0.25, -0.2) is 0 Å². The van der Waals surface area contributed by atoms with Gasteiger partial charge in [0.15, 0.2) is 0 Å². The van der Waals surface area contributed by atoms with Crippen LogP contribution in [0.1, 0.15) is 20.3 Å². The zero-order valence-corrected chi connectivity index (χ0v) is 12.6. The smallest absolute Gasteiger partial charge is 0.0636 e. The van der Waals surface area contributed by atoms with Crippen LogP contribution in [0.2, 0.25) is 5.02 Å². The van der Waals surface area contributed by atoms with Crippen LogP contribution in [-0.2, 0) is 0 Å². The van der Waals surface area contributed by atoms with Gasteiger partial charge in [0.25, 0.3) is 0 Å². The average Bonchev–Trinajstić information content (AvgIpc) is 2.32. The summed E-state index contributed by atoms with van der Waals surface area (Å²) in [5.74, 6) is 2.26. The number of nitrogens with two attached hydrogens (primary N) is 1. The third kappa shape index (κ3) is 2.63. The highest BCUT2D eigenvalue weighted by Gasteiger charge is 2.46. The molecule has 18 heavy (non-hydrogen) atoms. The largest absolute Gasteiger partial charge is 0.377 e. The van der Waals surface area contributed by atoms with Crippen molar-refractivity contribution in [3.63, 3.8) is 0 Å². The Labute approximate surface area is 119 Å². The van der Waals surface area contributed by atoms with E-state index in [4.69, 9.17) is 17.3 Å². The van der Waals surface area contributed by atoms with Gasteiger partial charge in [-0.3, -0.25) is 0 Å². The van der Waals surface area contributed by atoms with Crippen LogP contribution in [0.15, 0.2) is 24.3 Å². The van der Waals surface area contributed by atoms with Gasteiger partial charge in [0.2, 0.25) is 0 Å². The Morgan fingerprint density at radius 2 is 2.22 bits per heavy atom. The summed E-state index contributed by atoms with van der Waals surface area (Å²) < 4.78 is 0. The summed E-state index contributed by atoms with van der Waals surface area (Å²) in [6, 6.07) is 7.88. The molecule has 0 aromatic heterocycles. The van der Waals surface area contributed by atoms with Crippen molar-refractivity contribution in [1.82, 2.24) is 0 Å². The van der Waals surface area contributed by atoms with Gasteiger partial charge in [-0.2, -0.15) is 11.8 Å². The number of nitrogens with one attached hydrogen (secondary N) is 1. The lowest BCUT2D eigenvalue weighted by Crippen LogP contribution is -2.60. The quantitative estimate of drug-likeness (QED) is 0.890. The Morgan fingerprint density at radius 3 is 2.83 bits per heavy atom. The van der Waals surface area contributed by atoms with E-state index in [-0.39, 0.29) is 11.0 Å². The van der Waals surface area contributed by atoms with Crippen LogP contribution in [0.25, 0.3) is 0 Å². The molecule has 1 aromatic carbocycles. The van der Waals surface area contributed by atoms with Crippen LogP contribution in [0.3, 0.4) is 0 Å². The molecule has 0 spiro atoms. The van der Waals surface area contributed by atoms with E-state index in [9.17, 15) is 0 Å². The Kier molecular flexibility index (Phi) is 4.15. The highest BCUT2D eigenvalue weighted by molar-refractivity contribution is 7.99. The SMILES string of the molecule is CC1(C)CCSCC1(CN)Nc1cccc(Cl)c1. The fourth-order valence-corrected chi connectivity index (χ4v) is 4.36. The molecule has 3 N–H and O–H groups in total. The minimum atomic E-state index is -0.0550. The van der Waals surface area contributed by atoms with Gasteiger partial charge in [0.1, 0.15) is 0 Å². The van der Waals surface area contributed by atoms with Gasteiger partial charge >= 0.3 is 0 Å². The Hall–Kier alpha value is -0.380. The number of anilines is 1. The highest BCUT2D eigenvalue weighted by Crippen LogP contribution is 2.43. The van der Waals surface area contributed by atoms with Crippen LogP contribution in [-0.4, -0.2) is 23.6 Å². The molecule has 1 heterocycles. The van der Waals surface area contributed by atoms with Gasteiger partial charge in [0.05, 0.1) is 5.54 Å². The summed E-state index contributed by atoms with van der Waals surface area (Å²) in [5.41, 5.74) is 7.28. The number of hydrogen-bond acceptors (Lipinski definition) is 3. The maximum absolute atomic E-state index is 6.09. The molecule has 1 aromatic rings. The van der Waals surface area contributed by atoms with Crippen LogP contribution >= 0.6 is 23.4 Å². The van der Waals surface area contributed by atoms with E-state index >= 15 is 0 Å². The lowest BCUT2D eigenvalue weighted by molar-refractivity contribution is 0.203. The Bertz CT molecular complexity index is 422. The molecule has 0 bridgehead atoms. The van der Waals surface area contributed by atoms with Crippen molar-refractivity contribution < 1.29 is 0 Å². The van der Waals surface area contributed by atoms with E-state index < -0.39 is 0 Å². The summed E-state index contributed by atoms with van der Waals surface area (Å²) in [5, 5.41) is 4.40. The van der Waals surface area contributed by atoms with Gasteiger partial charge in [-0.15, -0.1) is 0 Å². The van der Waals surface area contributed by atoms with Crippen LogP contribution in [0.4, 0.5) is 5.69 Å². The first-order valence-electron chi connectivity index (χ1n) is 6.31. The van der Waals surface area contributed by atoms with Gasteiger partial charge < -0.3 is 11.1 Å². The predicted octanol–water partition coefficient (Wildman–Crippen LogP) is 3.61. The first-order chi connectivity index (χ1) is 8.49. The molecule has 1 atom stereocenters. The second kappa shape index (κ2) is 5.32. The standard InChI is InChI=1S/C14H21ClN2S/c1-13(2)6-7-18-10-14(13,9-16)17-12-5-3-4-11(15)8-12/h3-5,8,17H,6-7,9-10,16H2,1-2H3. The monoisotopic (exact) mass is 284 g/mol. The summed E-state index contributed by atoms with van der Waals surface area (Å²) in [6.45, 7) is 5.24. The summed E-state index contributed by atoms with van der Waals surface area (Å²) in [4.78, 5) is 0. The molecule has 1 aliphatic heterocycles. The van der Waals surface area contributed by atoms with Crippen molar-refractivity contribution >= 4 is 29.1 Å². The van der Waals surface area contributed by atoms with Crippen molar-refractivity contribution in [2.75, 3.05) is 23.4 Å². The third-order valence-corrected chi connectivity index (χ3v) is 5.50. The zero-order chi connectivity index (χ0) is 13.2. The van der Waals surface area contributed by atoms with Crippen LogP contribution < -0.4 is 11.1 Å². The lowest BCUT2D eigenvalue weighted by Gasteiger charge is -2.50. The molecule has 1 saturated heterocycles. The van der Waals surface area contributed by atoms with Crippen molar-refractivity contribution in [3.05, 3.63) is 29.3 Å². The molecule has 2 nitrogen and oxygen atoms in total. The normalized spacial score (nSPS) is 26.9. The second-order valence-electron chi connectivity index (χ2n) is 5.61. The zero-order valence-electron chi connectivity index (χ0n) is 11.0. The first-order valence-corrected chi connectivity index (χ1v) is 7.84. The summed E-state index contributed by atoms with van der Waals surface area (Å²) in [6.07, 6.45) is 1.18. The van der Waals surface area contributed by atoms with E-state index in [1.54, 1.807) is 0 Å². The fraction of sp³-hybridized carbons (Fsp3) is 0.571. The predicted molar refractivity (Wildman–Crippen MR) is 82.6 cm³/mol. The molecule has 0 amide bonds. The van der Waals surface area contributed by atoms with Crippen molar-refractivity contribution in [2.45, 2.75) is 25.8 Å². The molecule has 0 aliphatic carbocycles. The lowest BCUT2D eigenvalue weighted by atomic mass is 9.70. The minimum Gasteiger partial charge on any atom is -0.377 e. The summed E-state index contributed by atoms with van der Waals surface area (Å²) in [7, 11) is 0. The number of hydrogen-bond donors (Lipinski definition) is 2. The molecule has 4 heteroatoms. The molecular weight excluding hydrogens is 264 g/mol. The van der Waals surface area contributed by atoms with Gasteiger partial charge in [0, 0.05) is 23.0 Å². The van der Waals surface area contributed by atoms with Crippen molar-refractivity contribution in [1.29, 1.82) is 0 Å². The topological polar surface area (TPSA) is 38.0 Å². The van der Waals surface area contributed by atoms with Gasteiger partial charge in [-0.05, 0) is 35.8 Å². The van der Waals surface area contributed by atoms with E-state index in [0.29, 0.717) is 6.54 Å². The molecule has 1 unspecified atom stereocenters. The minimum absolute atomic E-state index is 0.0550. The molecule has 2 rings (SSSR count). The van der Waals surface area contributed by atoms with E-state index in [0.717, 1.165) is 16.5 Å². The molecular formula is C14H21ClN2S. The van der Waals surface area contributed by atoms with E-state index in [2.05, 4.69) is 25.2 Å². The molecule has 0 radical (unpaired) electrons. The van der Waals surface area contributed by atoms with Crippen LogP contribution in [0, 0.1) is 5.41 Å². The molecule has 0 saturated carbocycles. The fourth-order valence-electron chi connectivity index (χ4n) is 2.44. The van der Waals surface area contributed by atoms with Crippen molar-refractivity contribution in [2.24, 2.45) is 11.1 Å². The second-order valence-corrected chi connectivity index (χ2v) is 7.15.